The number of carbonyl (C=O) groups excluding carboxylic acids is 1. The molecule has 118 valence electrons. The van der Waals surface area contributed by atoms with Crippen molar-refractivity contribution in [3.63, 3.8) is 0 Å². The van der Waals surface area contributed by atoms with Crippen LogP contribution in [0.2, 0.25) is 0 Å². The maximum atomic E-state index is 12.4. The van der Waals surface area contributed by atoms with Crippen molar-refractivity contribution in [1.29, 1.82) is 0 Å². The van der Waals surface area contributed by atoms with Crippen LogP contribution in [0.15, 0.2) is 69.2 Å². The van der Waals surface area contributed by atoms with Gasteiger partial charge in [0.15, 0.2) is 5.76 Å². The molecule has 1 aromatic heterocycles. The van der Waals surface area contributed by atoms with Crippen LogP contribution in [0, 0.1) is 6.92 Å². The predicted octanol–water partition coefficient (Wildman–Crippen LogP) is 5.63. The highest BCUT2D eigenvalue weighted by Gasteiger charge is 2.27. The van der Waals surface area contributed by atoms with E-state index in [0.717, 1.165) is 21.4 Å². The Bertz CT molecular complexity index is 965. The number of allylic oxidation sites excluding steroid dienone is 1. The molecule has 0 amide bonds. The van der Waals surface area contributed by atoms with Crippen molar-refractivity contribution in [3.8, 4) is 17.1 Å². The molecule has 0 atom stereocenters. The van der Waals surface area contributed by atoms with E-state index in [4.69, 9.17) is 9.15 Å². The van der Waals surface area contributed by atoms with Gasteiger partial charge < -0.3 is 9.15 Å². The van der Waals surface area contributed by atoms with Crippen molar-refractivity contribution in [3.05, 3.63) is 81.7 Å². The van der Waals surface area contributed by atoms with Crippen LogP contribution in [0.25, 0.3) is 17.4 Å². The van der Waals surface area contributed by atoms with E-state index in [1.807, 2.05) is 61.5 Å². The van der Waals surface area contributed by atoms with Crippen LogP contribution in [0.5, 0.6) is 5.75 Å². The summed E-state index contributed by atoms with van der Waals surface area (Å²) in [5.41, 5.74) is 2.60. The molecule has 4 heteroatoms. The predicted molar refractivity (Wildman–Crippen MR) is 96.0 cm³/mol. The maximum absolute atomic E-state index is 12.4. The molecule has 0 aliphatic carbocycles. The van der Waals surface area contributed by atoms with Gasteiger partial charge >= 0.3 is 0 Å². The van der Waals surface area contributed by atoms with E-state index in [0.29, 0.717) is 17.1 Å². The Labute approximate surface area is 147 Å². The Kier molecular flexibility index (Phi) is 3.62. The summed E-state index contributed by atoms with van der Waals surface area (Å²) in [5, 5.41) is 0. The van der Waals surface area contributed by atoms with Crippen molar-refractivity contribution in [1.82, 2.24) is 0 Å². The van der Waals surface area contributed by atoms with E-state index in [2.05, 4.69) is 15.9 Å². The minimum atomic E-state index is -0.115. The van der Waals surface area contributed by atoms with Gasteiger partial charge in [0.1, 0.15) is 17.3 Å². The van der Waals surface area contributed by atoms with Gasteiger partial charge in [-0.15, -0.1) is 0 Å². The van der Waals surface area contributed by atoms with Gasteiger partial charge in [0.25, 0.3) is 0 Å². The number of ketones is 1. The lowest BCUT2D eigenvalue weighted by atomic mass is 10.1. The molecule has 2 aromatic carbocycles. The molecule has 0 spiro atoms. The van der Waals surface area contributed by atoms with Crippen LogP contribution in [0.3, 0.4) is 0 Å². The number of Topliss-reactive ketones (excluding diaryl/α,β-unsaturated/α-hetero) is 1. The molecule has 0 bridgehead atoms. The van der Waals surface area contributed by atoms with Crippen molar-refractivity contribution < 1.29 is 13.9 Å². The first-order valence-electron chi connectivity index (χ1n) is 7.51. The second-order valence-corrected chi connectivity index (χ2v) is 6.56. The largest absolute Gasteiger partial charge is 0.457 e. The van der Waals surface area contributed by atoms with Gasteiger partial charge in [-0.2, -0.15) is 0 Å². The van der Waals surface area contributed by atoms with Crippen LogP contribution < -0.4 is 4.74 Å². The second kappa shape index (κ2) is 5.80. The van der Waals surface area contributed by atoms with E-state index in [-0.39, 0.29) is 11.5 Å². The van der Waals surface area contributed by atoms with E-state index in [9.17, 15) is 4.79 Å². The second-order valence-electron chi connectivity index (χ2n) is 5.65. The normalized spacial score (nSPS) is 14.8. The molecule has 0 unspecified atom stereocenters. The van der Waals surface area contributed by atoms with E-state index in [1.54, 1.807) is 6.08 Å². The summed E-state index contributed by atoms with van der Waals surface area (Å²) >= 11 is 3.41. The number of fused-ring (bicyclic) bond motifs is 1. The summed E-state index contributed by atoms with van der Waals surface area (Å²) in [6.07, 6.45) is 1.64. The quantitative estimate of drug-likeness (QED) is 0.540. The Hall–Kier alpha value is -2.59. The lowest BCUT2D eigenvalue weighted by Crippen LogP contribution is -1.97. The fourth-order valence-electron chi connectivity index (χ4n) is 2.63. The van der Waals surface area contributed by atoms with E-state index in [1.165, 1.54) is 0 Å². The average Bonchev–Trinajstić information content (AvgIpc) is 3.15. The Morgan fingerprint density at radius 1 is 1.00 bits per heavy atom. The lowest BCUT2D eigenvalue weighted by molar-refractivity contribution is 0.101. The number of aryl methyl sites for hydroxylation is 1. The van der Waals surface area contributed by atoms with Crippen molar-refractivity contribution in [2.45, 2.75) is 6.92 Å². The van der Waals surface area contributed by atoms with Crippen LogP contribution in [0.1, 0.15) is 21.7 Å². The third kappa shape index (κ3) is 2.69. The smallest absolute Gasteiger partial charge is 0.232 e. The number of benzene rings is 2. The van der Waals surface area contributed by atoms with Gasteiger partial charge in [-0.25, -0.2) is 0 Å². The first kappa shape index (κ1) is 15.0. The molecular formula is C20H13BrO3. The van der Waals surface area contributed by atoms with Crippen LogP contribution >= 0.6 is 15.9 Å². The van der Waals surface area contributed by atoms with Crippen molar-refractivity contribution in [2.75, 3.05) is 0 Å². The number of ether oxygens (including phenoxy) is 1. The Morgan fingerprint density at radius 2 is 1.79 bits per heavy atom. The molecule has 0 saturated heterocycles. The summed E-state index contributed by atoms with van der Waals surface area (Å²) < 4.78 is 12.5. The number of rotatable bonds is 2. The van der Waals surface area contributed by atoms with E-state index < -0.39 is 0 Å². The van der Waals surface area contributed by atoms with Crippen LogP contribution in [-0.4, -0.2) is 5.78 Å². The van der Waals surface area contributed by atoms with Gasteiger partial charge in [0.05, 0.1) is 5.56 Å². The number of halogens is 1. The molecule has 2 heterocycles. The average molecular weight is 381 g/mol. The molecule has 1 aliphatic rings. The molecule has 0 fully saturated rings. The first-order chi connectivity index (χ1) is 11.6. The molecule has 24 heavy (non-hydrogen) atoms. The zero-order chi connectivity index (χ0) is 16.7. The molecule has 0 saturated carbocycles. The number of furan rings is 1. The molecule has 0 radical (unpaired) electrons. The summed E-state index contributed by atoms with van der Waals surface area (Å²) in [4.78, 5) is 12.4. The van der Waals surface area contributed by atoms with Gasteiger partial charge in [0, 0.05) is 16.1 Å². The molecule has 4 rings (SSSR count). The van der Waals surface area contributed by atoms with E-state index >= 15 is 0 Å². The highest BCUT2D eigenvalue weighted by molar-refractivity contribution is 9.10. The number of carbonyl (C=O) groups is 1. The van der Waals surface area contributed by atoms with Gasteiger partial charge in [-0.1, -0.05) is 39.7 Å². The van der Waals surface area contributed by atoms with Gasteiger partial charge in [-0.05, 0) is 43.3 Å². The zero-order valence-electron chi connectivity index (χ0n) is 12.9. The van der Waals surface area contributed by atoms with Gasteiger partial charge in [-0.3, -0.25) is 4.79 Å². The van der Waals surface area contributed by atoms with Crippen molar-refractivity contribution >= 4 is 27.8 Å². The monoisotopic (exact) mass is 380 g/mol. The first-order valence-corrected chi connectivity index (χ1v) is 8.30. The van der Waals surface area contributed by atoms with Crippen molar-refractivity contribution in [2.24, 2.45) is 0 Å². The highest BCUT2D eigenvalue weighted by Crippen LogP contribution is 2.33. The summed E-state index contributed by atoms with van der Waals surface area (Å²) in [6.45, 7) is 1.95. The molecular weight excluding hydrogens is 368 g/mol. The molecule has 3 aromatic rings. The summed E-state index contributed by atoms with van der Waals surface area (Å²) in [5.74, 6) is 2.09. The number of hydrogen-bond donors (Lipinski definition) is 0. The fraction of sp³-hybridized carbons (Fsp3) is 0.0500. The summed E-state index contributed by atoms with van der Waals surface area (Å²) in [7, 11) is 0. The molecule has 1 aliphatic heterocycles. The summed E-state index contributed by atoms with van der Waals surface area (Å²) in [6, 6.07) is 17.1. The van der Waals surface area contributed by atoms with Crippen LogP contribution in [-0.2, 0) is 0 Å². The Morgan fingerprint density at radius 3 is 2.58 bits per heavy atom. The maximum Gasteiger partial charge on any atom is 0.232 e. The van der Waals surface area contributed by atoms with Crippen LogP contribution in [0.4, 0.5) is 0 Å². The third-order valence-corrected chi connectivity index (χ3v) is 4.38. The minimum Gasteiger partial charge on any atom is -0.457 e. The zero-order valence-corrected chi connectivity index (χ0v) is 14.5. The highest BCUT2D eigenvalue weighted by atomic mass is 79.9. The minimum absolute atomic E-state index is 0.115. The molecule has 0 N–H and O–H groups in total. The lowest BCUT2D eigenvalue weighted by Gasteiger charge is -1.98. The third-order valence-electron chi connectivity index (χ3n) is 3.85. The number of hydrogen-bond acceptors (Lipinski definition) is 3. The standard InChI is InChI=1S/C20H13BrO3/c1-12-2-8-18-16(10-12)20(22)19(24-18)11-15-7-9-17(23-15)13-3-5-14(21)6-4-13/h2-11H,1H3. The molecule has 3 nitrogen and oxygen atoms in total. The van der Waals surface area contributed by atoms with Gasteiger partial charge in [0.2, 0.25) is 5.78 Å². The fourth-order valence-corrected chi connectivity index (χ4v) is 2.90. The Balaban J connectivity index is 1.63. The SMILES string of the molecule is Cc1ccc2c(c1)C(=O)C(=Cc1ccc(-c3ccc(Br)cc3)o1)O2. The topological polar surface area (TPSA) is 39.4 Å².